The number of guanidine groups is 1. The molecule has 1 aliphatic carbocycles. The summed E-state index contributed by atoms with van der Waals surface area (Å²) in [5, 5.41) is 7.67. The van der Waals surface area contributed by atoms with E-state index in [0.717, 1.165) is 35.6 Å². The lowest BCUT2D eigenvalue weighted by Gasteiger charge is -2.29. The predicted octanol–water partition coefficient (Wildman–Crippen LogP) is 3.26. The first-order valence-electron chi connectivity index (χ1n) is 9.81. The van der Waals surface area contributed by atoms with Crippen LogP contribution in [-0.2, 0) is 4.79 Å². The van der Waals surface area contributed by atoms with Gasteiger partial charge in [0, 0.05) is 30.9 Å². The number of fused-ring (bicyclic) bond motifs is 1. The fourth-order valence-corrected chi connectivity index (χ4v) is 4.41. The number of halogens is 1. The number of hydrogen-bond acceptors (Lipinski definition) is 4. The highest BCUT2D eigenvalue weighted by Gasteiger charge is 2.25. The van der Waals surface area contributed by atoms with Crippen molar-refractivity contribution in [2.75, 3.05) is 37.4 Å². The first-order chi connectivity index (χ1) is 13.2. The number of para-hydroxylation sites is 2. The van der Waals surface area contributed by atoms with E-state index in [4.69, 9.17) is 9.73 Å². The molecule has 2 atom stereocenters. The molecule has 1 aromatic carbocycles. The van der Waals surface area contributed by atoms with E-state index in [1.54, 1.807) is 0 Å². The van der Waals surface area contributed by atoms with E-state index in [-0.39, 0.29) is 36.5 Å². The molecule has 8 heteroatoms. The van der Waals surface area contributed by atoms with Gasteiger partial charge >= 0.3 is 0 Å². The molecule has 3 rings (SSSR count). The Kier molecular flexibility index (Phi) is 9.70. The van der Waals surface area contributed by atoms with Gasteiger partial charge in [-0.1, -0.05) is 12.1 Å². The monoisotopic (exact) mass is 518 g/mol. The summed E-state index contributed by atoms with van der Waals surface area (Å²) in [6, 6.07) is 8.21. The Morgan fingerprint density at radius 2 is 2.18 bits per heavy atom. The van der Waals surface area contributed by atoms with Crippen molar-refractivity contribution in [1.82, 2.24) is 10.6 Å². The van der Waals surface area contributed by atoms with Crippen LogP contribution in [0.15, 0.2) is 29.3 Å². The Morgan fingerprint density at radius 3 is 2.93 bits per heavy atom. The van der Waals surface area contributed by atoms with E-state index >= 15 is 0 Å². The smallest absolute Gasteiger partial charge is 0.265 e. The topological polar surface area (TPSA) is 66.0 Å². The molecule has 1 aromatic rings. The average Bonchev–Trinajstić information content (AvgIpc) is 3.14. The van der Waals surface area contributed by atoms with Gasteiger partial charge < -0.3 is 20.3 Å². The van der Waals surface area contributed by atoms with Gasteiger partial charge in [0.2, 0.25) is 0 Å². The molecule has 156 valence electrons. The molecule has 0 bridgehead atoms. The Balaban J connectivity index is 0.00000280. The van der Waals surface area contributed by atoms with Gasteiger partial charge in [-0.05, 0) is 51.0 Å². The molecule has 1 aliphatic heterocycles. The zero-order chi connectivity index (χ0) is 19.1. The molecule has 2 N–H and O–H groups in total. The van der Waals surface area contributed by atoms with Crippen molar-refractivity contribution in [2.24, 2.45) is 4.99 Å². The molecule has 6 nitrogen and oxygen atoms in total. The van der Waals surface area contributed by atoms with E-state index < -0.39 is 0 Å². The zero-order valence-electron chi connectivity index (χ0n) is 16.6. The van der Waals surface area contributed by atoms with E-state index in [9.17, 15) is 4.79 Å². The molecule has 2 unspecified atom stereocenters. The molecule has 1 fully saturated rings. The highest BCUT2D eigenvalue weighted by atomic mass is 127. The lowest BCUT2D eigenvalue weighted by atomic mass is 10.2. The number of nitrogens with zero attached hydrogens (tertiary/aromatic N) is 2. The molecule has 0 aromatic heterocycles. The number of nitrogens with one attached hydrogen (secondary N) is 2. The summed E-state index contributed by atoms with van der Waals surface area (Å²) < 4.78 is 5.49. The summed E-state index contributed by atoms with van der Waals surface area (Å²) in [6.07, 6.45) is 6.68. The fraction of sp³-hybridized carbons (Fsp3) is 0.600. The van der Waals surface area contributed by atoms with Gasteiger partial charge in [0.05, 0.1) is 5.69 Å². The summed E-state index contributed by atoms with van der Waals surface area (Å²) in [5.74, 6) is 1.68. The van der Waals surface area contributed by atoms with Crippen molar-refractivity contribution >= 4 is 53.3 Å². The summed E-state index contributed by atoms with van der Waals surface area (Å²) in [6.45, 7) is 4.38. The van der Waals surface area contributed by atoms with Crippen LogP contribution in [0.1, 0.15) is 32.6 Å². The van der Waals surface area contributed by atoms with Crippen LogP contribution in [0.25, 0.3) is 0 Å². The third-order valence-electron chi connectivity index (χ3n) is 5.02. The molecule has 0 spiro atoms. The Morgan fingerprint density at radius 1 is 1.36 bits per heavy atom. The first-order valence-corrected chi connectivity index (χ1v) is 11.1. The van der Waals surface area contributed by atoms with Crippen LogP contribution in [-0.4, -0.2) is 55.7 Å². The second-order valence-corrected chi connectivity index (χ2v) is 8.07. The third-order valence-corrected chi connectivity index (χ3v) is 6.12. The standard InChI is InChI=1S/C20H30N4O2S.HI/c1-3-21-20(23-15-9-10-16(13-15)27-2)22-11-6-12-24-17-7-4-5-8-18(17)26-14-19(24)25;/h4-5,7-8,15-16H,3,6,9-14H2,1-2H3,(H2,21,22,23);1H. The van der Waals surface area contributed by atoms with Crippen molar-refractivity contribution in [3.8, 4) is 5.75 Å². The number of carbonyl (C=O) groups is 1. The molecule has 2 aliphatic rings. The van der Waals surface area contributed by atoms with Gasteiger partial charge in [0.15, 0.2) is 12.6 Å². The number of ether oxygens (including phenoxy) is 1. The van der Waals surface area contributed by atoms with Crippen LogP contribution in [0, 0.1) is 0 Å². The molecule has 0 saturated heterocycles. The minimum Gasteiger partial charge on any atom is -0.482 e. The molecule has 1 amide bonds. The van der Waals surface area contributed by atoms with Crippen molar-refractivity contribution < 1.29 is 9.53 Å². The molecule has 1 saturated carbocycles. The fourth-order valence-electron chi connectivity index (χ4n) is 3.62. The molecular weight excluding hydrogens is 487 g/mol. The summed E-state index contributed by atoms with van der Waals surface area (Å²) >= 11 is 1.96. The van der Waals surface area contributed by atoms with Gasteiger partial charge in [-0.3, -0.25) is 9.79 Å². The van der Waals surface area contributed by atoms with Gasteiger partial charge in [-0.2, -0.15) is 11.8 Å². The first kappa shape index (κ1) is 23.1. The number of rotatable bonds is 7. The minimum absolute atomic E-state index is 0. The lowest BCUT2D eigenvalue weighted by molar-refractivity contribution is -0.121. The van der Waals surface area contributed by atoms with E-state index in [2.05, 4.69) is 23.8 Å². The summed E-state index contributed by atoms with van der Waals surface area (Å²) in [7, 11) is 0. The maximum atomic E-state index is 12.2. The van der Waals surface area contributed by atoms with Crippen molar-refractivity contribution in [3.05, 3.63) is 24.3 Å². The van der Waals surface area contributed by atoms with Gasteiger partial charge in [0.25, 0.3) is 5.91 Å². The van der Waals surface area contributed by atoms with Gasteiger partial charge in [-0.25, -0.2) is 0 Å². The number of thioether (sulfide) groups is 1. The van der Waals surface area contributed by atoms with E-state index in [1.165, 1.54) is 19.3 Å². The molecule has 1 heterocycles. The van der Waals surface area contributed by atoms with Crippen LogP contribution >= 0.6 is 35.7 Å². The number of carbonyl (C=O) groups excluding carboxylic acids is 1. The van der Waals surface area contributed by atoms with Crippen LogP contribution in [0.4, 0.5) is 5.69 Å². The average molecular weight is 518 g/mol. The maximum absolute atomic E-state index is 12.2. The lowest BCUT2D eigenvalue weighted by Crippen LogP contribution is -2.43. The predicted molar refractivity (Wildman–Crippen MR) is 128 cm³/mol. The number of benzene rings is 1. The number of hydrogen-bond donors (Lipinski definition) is 2. The Hall–Kier alpha value is -1.16. The second kappa shape index (κ2) is 11.7. The van der Waals surface area contributed by atoms with Crippen LogP contribution in [0.5, 0.6) is 5.75 Å². The van der Waals surface area contributed by atoms with Gasteiger partial charge in [0.1, 0.15) is 5.75 Å². The van der Waals surface area contributed by atoms with E-state index in [1.807, 2.05) is 40.9 Å². The Bertz CT molecular complexity index is 673. The van der Waals surface area contributed by atoms with Crippen molar-refractivity contribution in [1.29, 1.82) is 0 Å². The number of anilines is 1. The van der Waals surface area contributed by atoms with Crippen LogP contribution < -0.4 is 20.3 Å². The van der Waals surface area contributed by atoms with Crippen LogP contribution in [0.3, 0.4) is 0 Å². The molecule has 0 radical (unpaired) electrons. The Labute approximate surface area is 189 Å². The van der Waals surface area contributed by atoms with Gasteiger partial charge in [-0.15, -0.1) is 24.0 Å². The second-order valence-electron chi connectivity index (χ2n) is 6.93. The highest BCUT2D eigenvalue weighted by molar-refractivity contribution is 14.0. The molecule has 28 heavy (non-hydrogen) atoms. The normalized spacial score (nSPS) is 21.6. The SMILES string of the molecule is CCNC(=NCCCN1C(=O)COc2ccccc21)NC1CCC(SC)C1.I. The molecular formula is C20H31IN4O2S. The zero-order valence-corrected chi connectivity index (χ0v) is 19.8. The largest absolute Gasteiger partial charge is 0.482 e. The maximum Gasteiger partial charge on any atom is 0.265 e. The van der Waals surface area contributed by atoms with Crippen molar-refractivity contribution in [2.45, 2.75) is 43.9 Å². The number of amides is 1. The number of aliphatic imine (C=N–C) groups is 1. The van der Waals surface area contributed by atoms with Crippen molar-refractivity contribution in [3.63, 3.8) is 0 Å². The van der Waals surface area contributed by atoms with Crippen LogP contribution in [0.2, 0.25) is 0 Å². The van der Waals surface area contributed by atoms with E-state index in [0.29, 0.717) is 19.1 Å². The minimum atomic E-state index is 0. The summed E-state index contributed by atoms with van der Waals surface area (Å²) in [4.78, 5) is 18.7. The quantitative estimate of drug-likeness (QED) is 0.251. The summed E-state index contributed by atoms with van der Waals surface area (Å²) in [5.41, 5.74) is 0.858. The highest BCUT2D eigenvalue weighted by Crippen LogP contribution is 2.31. The third kappa shape index (κ3) is 6.17.